The number of carbonyl (C=O) groups excluding carboxylic acids is 1. The largest absolute Gasteiger partial charge is 0.388 e. The van der Waals surface area contributed by atoms with Crippen LogP contribution in [0.4, 0.5) is 0 Å². The minimum Gasteiger partial charge on any atom is -0.388 e. The SMILES string of the molecule is CC(C)C(C)(O)CNC(=O)C1CCOCC1. The lowest BCUT2D eigenvalue weighted by molar-refractivity contribution is -0.129. The molecule has 0 spiro atoms. The predicted octanol–water partition coefficient (Wildman–Crippen LogP) is 0.936. The van der Waals surface area contributed by atoms with E-state index in [1.807, 2.05) is 13.8 Å². The average Bonchev–Trinajstić information content (AvgIpc) is 2.27. The fourth-order valence-corrected chi connectivity index (χ4v) is 1.57. The van der Waals surface area contributed by atoms with Gasteiger partial charge in [0, 0.05) is 25.7 Å². The van der Waals surface area contributed by atoms with Gasteiger partial charge in [-0.3, -0.25) is 4.79 Å². The van der Waals surface area contributed by atoms with Gasteiger partial charge in [-0.2, -0.15) is 0 Å². The number of rotatable bonds is 4. The summed E-state index contributed by atoms with van der Waals surface area (Å²) in [5.41, 5.74) is -0.833. The van der Waals surface area contributed by atoms with E-state index in [9.17, 15) is 9.90 Å². The van der Waals surface area contributed by atoms with Gasteiger partial charge in [-0.25, -0.2) is 0 Å². The van der Waals surface area contributed by atoms with Crippen molar-refractivity contribution in [1.29, 1.82) is 0 Å². The summed E-state index contributed by atoms with van der Waals surface area (Å²) in [6.45, 7) is 7.29. The fraction of sp³-hybridized carbons (Fsp3) is 0.917. The molecule has 0 bridgehead atoms. The molecule has 0 saturated carbocycles. The monoisotopic (exact) mass is 229 g/mol. The summed E-state index contributed by atoms with van der Waals surface area (Å²) < 4.78 is 5.20. The third-order valence-electron chi connectivity index (χ3n) is 3.46. The Kier molecular flexibility index (Phi) is 4.74. The summed E-state index contributed by atoms with van der Waals surface area (Å²) in [6, 6.07) is 0. The van der Waals surface area contributed by atoms with Crippen LogP contribution in [0.1, 0.15) is 33.6 Å². The first kappa shape index (κ1) is 13.5. The molecule has 1 fully saturated rings. The van der Waals surface area contributed by atoms with Crippen molar-refractivity contribution in [2.24, 2.45) is 11.8 Å². The van der Waals surface area contributed by atoms with Crippen molar-refractivity contribution in [2.45, 2.75) is 39.2 Å². The van der Waals surface area contributed by atoms with Gasteiger partial charge in [-0.05, 0) is 25.7 Å². The lowest BCUT2D eigenvalue weighted by atomic mass is 9.92. The van der Waals surface area contributed by atoms with Crippen LogP contribution in [0.3, 0.4) is 0 Å². The molecule has 1 amide bonds. The number of carbonyl (C=O) groups is 1. The average molecular weight is 229 g/mol. The fourth-order valence-electron chi connectivity index (χ4n) is 1.57. The third-order valence-corrected chi connectivity index (χ3v) is 3.46. The van der Waals surface area contributed by atoms with Crippen molar-refractivity contribution in [1.82, 2.24) is 5.32 Å². The Morgan fingerprint density at radius 1 is 1.50 bits per heavy atom. The first-order chi connectivity index (χ1) is 7.43. The summed E-state index contributed by atoms with van der Waals surface area (Å²) in [5, 5.41) is 12.8. The van der Waals surface area contributed by atoms with E-state index in [-0.39, 0.29) is 17.7 Å². The molecule has 4 nitrogen and oxygen atoms in total. The summed E-state index contributed by atoms with van der Waals surface area (Å²) in [6.07, 6.45) is 1.57. The van der Waals surface area contributed by atoms with Crippen molar-refractivity contribution < 1.29 is 14.6 Å². The maximum Gasteiger partial charge on any atom is 0.223 e. The van der Waals surface area contributed by atoms with Gasteiger partial charge in [0.2, 0.25) is 5.91 Å². The topological polar surface area (TPSA) is 58.6 Å². The molecule has 1 unspecified atom stereocenters. The van der Waals surface area contributed by atoms with E-state index in [1.165, 1.54) is 0 Å². The molecule has 1 aliphatic heterocycles. The van der Waals surface area contributed by atoms with Crippen LogP contribution in [0.2, 0.25) is 0 Å². The minimum absolute atomic E-state index is 0.0456. The molecule has 0 aromatic carbocycles. The highest BCUT2D eigenvalue weighted by molar-refractivity contribution is 5.78. The molecule has 0 aromatic rings. The number of aliphatic hydroxyl groups is 1. The van der Waals surface area contributed by atoms with Crippen molar-refractivity contribution in [3.63, 3.8) is 0 Å². The molecule has 0 radical (unpaired) electrons. The molecule has 0 aromatic heterocycles. The second-order valence-electron chi connectivity index (χ2n) is 5.12. The maximum absolute atomic E-state index is 11.8. The van der Waals surface area contributed by atoms with Crippen molar-refractivity contribution in [2.75, 3.05) is 19.8 Å². The molecule has 1 atom stereocenters. The second-order valence-corrected chi connectivity index (χ2v) is 5.12. The lowest BCUT2D eigenvalue weighted by Crippen LogP contribution is -2.46. The Hall–Kier alpha value is -0.610. The van der Waals surface area contributed by atoms with Crippen LogP contribution in [0, 0.1) is 11.8 Å². The minimum atomic E-state index is -0.833. The number of amides is 1. The zero-order chi connectivity index (χ0) is 12.2. The van der Waals surface area contributed by atoms with E-state index in [0.29, 0.717) is 19.8 Å². The van der Waals surface area contributed by atoms with Gasteiger partial charge in [0.25, 0.3) is 0 Å². The van der Waals surface area contributed by atoms with Crippen LogP contribution in [0.15, 0.2) is 0 Å². The third kappa shape index (κ3) is 3.76. The van der Waals surface area contributed by atoms with Crippen LogP contribution in [0.25, 0.3) is 0 Å². The number of nitrogens with one attached hydrogen (secondary N) is 1. The Balaban J connectivity index is 2.34. The summed E-state index contributed by atoms with van der Waals surface area (Å²) in [7, 11) is 0. The Bertz CT molecular complexity index is 232. The van der Waals surface area contributed by atoms with Crippen LogP contribution in [-0.4, -0.2) is 36.4 Å². The molecule has 1 saturated heterocycles. The molecule has 16 heavy (non-hydrogen) atoms. The molecule has 1 aliphatic rings. The summed E-state index contributed by atoms with van der Waals surface area (Å²) in [5.74, 6) is 0.225. The van der Waals surface area contributed by atoms with Crippen LogP contribution in [-0.2, 0) is 9.53 Å². The molecule has 0 aliphatic carbocycles. The van der Waals surface area contributed by atoms with Crippen LogP contribution >= 0.6 is 0 Å². The van der Waals surface area contributed by atoms with Crippen molar-refractivity contribution in [3.05, 3.63) is 0 Å². The maximum atomic E-state index is 11.8. The second kappa shape index (κ2) is 5.64. The first-order valence-electron chi connectivity index (χ1n) is 6.01. The Morgan fingerprint density at radius 3 is 2.56 bits per heavy atom. The first-order valence-corrected chi connectivity index (χ1v) is 6.01. The van der Waals surface area contributed by atoms with E-state index < -0.39 is 5.60 Å². The van der Waals surface area contributed by atoms with Gasteiger partial charge in [0.1, 0.15) is 0 Å². The molecule has 4 heteroatoms. The Morgan fingerprint density at radius 2 is 2.06 bits per heavy atom. The van der Waals surface area contributed by atoms with Crippen LogP contribution < -0.4 is 5.32 Å². The van der Waals surface area contributed by atoms with Crippen molar-refractivity contribution >= 4 is 5.91 Å². The van der Waals surface area contributed by atoms with E-state index in [4.69, 9.17) is 4.74 Å². The van der Waals surface area contributed by atoms with Gasteiger partial charge in [-0.15, -0.1) is 0 Å². The Labute approximate surface area is 97.4 Å². The van der Waals surface area contributed by atoms with E-state index in [0.717, 1.165) is 12.8 Å². The normalized spacial score (nSPS) is 21.8. The van der Waals surface area contributed by atoms with E-state index in [2.05, 4.69) is 5.32 Å². The van der Waals surface area contributed by atoms with Gasteiger partial charge in [0.15, 0.2) is 0 Å². The van der Waals surface area contributed by atoms with Crippen molar-refractivity contribution in [3.8, 4) is 0 Å². The predicted molar refractivity (Wildman–Crippen MR) is 62.0 cm³/mol. The standard InChI is InChI=1S/C12H23NO3/c1-9(2)12(3,15)8-13-11(14)10-4-6-16-7-5-10/h9-10,15H,4-8H2,1-3H3,(H,13,14). The smallest absolute Gasteiger partial charge is 0.223 e. The van der Waals surface area contributed by atoms with Crippen LogP contribution in [0.5, 0.6) is 0 Å². The number of ether oxygens (including phenoxy) is 1. The zero-order valence-electron chi connectivity index (χ0n) is 10.5. The molecule has 1 rings (SSSR count). The number of hydrogen-bond donors (Lipinski definition) is 2. The molecule has 1 heterocycles. The van der Waals surface area contributed by atoms with Gasteiger partial charge in [0.05, 0.1) is 5.60 Å². The highest BCUT2D eigenvalue weighted by Gasteiger charge is 2.27. The molecule has 2 N–H and O–H groups in total. The van der Waals surface area contributed by atoms with Gasteiger partial charge >= 0.3 is 0 Å². The molecule has 94 valence electrons. The summed E-state index contributed by atoms with van der Waals surface area (Å²) >= 11 is 0. The molecular formula is C12H23NO3. The zero-order valence-corrected chi connectivity index (χ0v) is 10.5. The van der Waals surface area contributed by atoms with Gasteiger partial charge < -0.3 is 15.2 Å². The van der Waals surface area contributed by atoms with E-state index in [1.54, 1.807) is 6.92 Å². The van der Waals surface area contributed by atoms with Gasteiger partial charge in [-0.1, -0.05) is 13.8 Å². The molecular weight excluding hydrogens is 206 g/mol. The van der Waals surface area contributed by atoms with E-state index >= 15 is 0 Å². The highest BCUT2D eigenvalue weighted by atomic mass is 16.5. The number of hydrogen-bond acceptors (Lipinski definition) is 3. The highest BCUT2D eigenvalue weighted by Crippen LogP contribution is 2.17. The summed E-state index contributed by atoms with van der Waals surface area (Å²) in [4.78, 5) is 11.8. The lowest BCUT2D eigenvalue weighted by Gasteiger charge is -2.29. The quantitative estimate of drug-likeness (QED) is 0.754.